The summed E-state index contributed by atoms with van der Waals surface area (Å²) in [5.74, 6) is 2.16. The summed E-state index contributed by atoms with van der Waals surface area (Å²) in [5, 5.41) is 0. The Hall–Kier alpha value is -6.97. The minimum absolute atomic E-state index is 0.0141. The molecule has 0 saturated carbocycles. The van der Waals surface area contributed by atoms with E-state index in [1.807, 2.05) is 0 Å². The van der Waals surface area contributed by atoms with Gasteiger partial charge in [0, 0.05) is 22.5 Å². The Balaban J connectivity index is 1.03. The Morgan fingerprint density at radius 2 is 0.842 bits per heavy atom. The van der Waals surface area contributed by atoms with Crippen molar-refractivity contribution in [2.45, 2.75) is 31.6 Å². The summed E-state index contributed by atoms with van der Waals surface area (Å²) in [5.41, 5.74) is 16.7. The van der Waals surface area contributed by atoms with Gasteiger partial charge in [0.15, 0.2) is 11.6 Å². The first-order valence-electron chi connectivity index (χ1n) is 19.8. The predicted molar refractivity (Wildman–Crippen MR) is 235 cm³/mol. The smallest absolute Gasteiger partial charge is 0.163 e. The fourth-order valence-electron chi connectivity index (χ4n) is 8.62. The molecule has 0 spiro atoms. The lowest BCUT2D eigenvalue weighted by atomic mass is 9.76. The average molecular weight is 732 g/mol. The van der Waals surface area contributed by atoms with E-state index in [0.717, 1.165) is 45.6 Å². The first kappa shape index (κ1) is 34.5. The van der Waals surface area contributed by atoms with Crippen LogP contribution in [0.2, 0.25) is 0 Å². The Morgan fingerprint density at radius 3 is 1.37 bits per heavy atom. The molecular formula is C54H41N3. The van der Waals surface area contributed by atoms with Gasteiger partial charge in [-0.15, -0.1) is 0 Å². The van der Waals surface area contributed by atoms with E-state index >= 15 is 0 Å². The maximum atomic E-state index is 5.28. The molecule has 57 heavy (non-hydrogen) atoms. The van der Waals surface area contributed by atoms with Gasteiger partial charge in [-0.3, -0.25) is 0 Å². The van der Waals surface area contributed by atoms with Crippen molar-refractivity contribution in [1.82, 2.24) is 15.0 Å². The normalized spacial score (nSPS) is 15.3. The fraction of sp³-hybridized carbons (Fsp3) is 0.0926. The molecule has 0 bridgehead atoms. The molecule has 10 rings (SSSR count). The summed E-state index contributed by atoms with van der Waals surface area (Å²) in [7, 11) is 0. The third-order valence-electron chi connectivity index (χ3n) is 11.8. The van der Waals surface area contributed by atoms with Gasteiger partial charge in [-0.1, -0.05) is 201 Å². The molecule has 272 valence electrons. The molecule has 0 N–H and O–H groups in total. The molecule has 1 aromatic heterocycles. The molecule has 2 aliphatic rings. The second kappa shape index (κ2) is 14.3. The molecule has 1 atom stereocenters. The maximum Gasteiger partial charge on any atom is 0.163 e. The maximum absolute atomic E-state index is 5.28. The van der Waals surface area contributed by atoms with E-state index in [1.165, 1.54) is 44.5 Å². The van der Waals surface area contributed by atoms with Crippen LogP contribution in [0.1, 0.15) is 43.1 Å². The van der Waals surface area contributed by atoms with Crippen molar-refractivity contribution in [3.63, 3.8) is 0 Å². The van der Waals surface area contributed by atoms with Crippen molar-refractivity contribution in [3.8, 4) is 67.3 Å². The highest BCUT2D eigenvalue weighted by Crippen LogP contribution is 2.52. The molecule has 0 saturated heterocycles. The van der Waals surface area contributed by atoms with Gasteiger partial charge >= 0.3 is 0 Å². The molecule has 0 fully saturated rings. The number of fused-ring (bicyclic) bond motifs is 2. The standard InChI is InChI=1S/C54H41N3/c1-54(2)49-22-10-9-21-47(49)48-32-31-46(35-50(48)54)53-56-51(44-19-11-17-42(33-44)40-27-23-38(24-28-40)36-13-5-3-6-14-36)55-52(57-53)45-20-12-18-43(34-45)41-29-25-39(26-30-41)37-15-7-4-8-16-37/h3-34,46H,35H2,1-2H3. The number of allylic oxidation sites excluding steroid dienone is 4. The van der Waals surface area contributed by atoms with Crippen molar-refractivity contribution >= 4 is 5.57 Å². The van der Waals surface area contributed by atoms with Crippen molar-refractivity contribution in [2.75, 3.05) is 0 Å². The number of nitrogens with zero attached hydrogens (tertiary/aromatic N) is 3. The molecule has 0 amide bonds. The summed E-state index contributed by atoms with van der Waals surface area (Å²) in [6.45, 7) is 4.70. The lowest BCUT2D eigenvalue weighted by Crippen LogP contribution is -2.20. The van der Waals surface area contributed by atoms with Gasteiger partial charge < -0.3 is 0 Å². The van der Waals surface area contributed by atoms with Crippen LogP contribution in [0.3, 0.4) is 0 Å². The van der Waals surface area contributed by atoms with Crippen LogP contribution in [0, 0.1) is 0 Å². The summed E-state index contributed by atoms with van der Waals surface area (Å²) in [6, 6.07) is 64.6. The molecular weight excluding hydrogens is 691 g/mol. The highest BCUT2D eigenvalue weighted by atomic mass is 15.0. The highest BCUT2D eigenvalue weighted by molar-refractivity contribution is 5.87. The third kappa shape index (κ3) is 6.51. The quantitative estimate of drug-likeness (QED) is 0.164. The van der Waals surface area contributed by atoms with Gasteiger partial charge in [-0.2, -0.15) is 0 Å². The van der Waals surface area contributed by atoms with Crippen molar-refractivity contribution in [1.29, 1.82) is 0 Å². The molecule has 0 radical (unpaired) electrons. The van der Waals surface area contributed by atoms with Crippen molar-refractivity contribution in [2.24, 2.45) is 0 Å². The van der Waals surface area contributed by atoms with E-state index in [-0.39, 0.29) is 11.3 Å². The third-order valence-corrected chi connectivity index (χ3v) is 11.8. The largest absolute Gasteiger partial charge is 0.212 e. The average Bonchev–Trinajstić information content (AvgIpc) is 3.52. The zero-order valence-corrected chi connectivity index (χ0v) is 32.1. The summed E-state index contributed by atoms with van der Waals surface area (Å²) >= 11 is 0. The van der Waals surface area contributed by atoms with E-state index in [0.29, 0.717) is 11.6 Å². The van der Waals surface area contributed by atoms with Gasteiger partial charge in [0.1, 0.15) is 5.82 Å². The second-order valence-corrected chi connectivity index (χ2v) is 15.6. The molecule has 8 aromatic rings. The Kier molecular flexibility index (Phi) is 8.64. The van der Waals surface area contributed by atoms with Gasteiger partial charge in [0.25, 0.3) is 0 Å². The predicted octanol–water partition coefficient (Wildman–Crippen LogP) is 13.7. The molecule has 0 aliphatic heterocycles. The van der Waals surface area contributed by atoms with Crippen LogP contribution in [0.5, 0.6) is 0 Å². The van der Waals surface area contributed by atoms with E-state index in [9.17, 15) is 0 Å². The van der Waals surface area contributed by atoms with Gasteiger partial charge in [-0.25, -0.2) is 15.0 Å². The summed E-state index contributed by atoms with van der Waals surface area (Å²) in [4.78, 5) is 15.8. The van der Waals surface area contributed by atoms with Gasteiger partial charge in [-0.05, 0) is 79.8 Å². The van der Waals surface area contributed by atoms with Crippen LogP contribution in [0.4, 0.5) is 0 Å². The Bertz CT molecular complexity index is 2670. The zero-order chi connectivity index (χ0) is 38.3. The van der Waals surface area contributed by atoms with Crippen LogP contribution in [-0.2, 0) is 5.41 Å². The lowest BCUT2D eigenvalue weighted by molar-refractivity contribution is 0.582. The number of hydrogen-bond donors (Lipinski definition) is 0. The van der Waals surface area contributed by atoms with Crippen LogP contribution >= 0.6 is 0 Å². The molecule has 7 aromatic carbocycles. The fourth-order valence-corrected chi connectivity index (χ4v) is 8.62. The molecule has 1 heterocycles. The minimum Gasteiger partial charge on any atom is -0.212 e. The second-order valence-electron chi connectivity index (χ2n) is 15.6. The zero-order valence-electron chi connectivity index (χ0n) is 32.1. The molecule has 1 unspecified atom stereocenters. The van der Waals surface area contributed by atoms with E-state index in [1.54, 1.807) is 0 Å². The highest BCUT2D eigenvalue weighted by Gasteiger charge is 2.39. The van der Waals surface area contributed by atoms with Crippen LogP contribution < -0.4 is 0 Å². The minimum atomic E-state index is -0.0671. The van der Waals surface area contributed by atoms with Crippen LogP contribution in [0.25, 0.3) is 72.9 Å². The van der Waals surface area contributed by atoms with Gasteiger partial charge in [0.05, 0.1) is 0 Å². The molecule has 2 aliphatic carbocycles. The lowest BCUT2D eigenvalue weighted by Gasteiger charge is -2.28. The van der Waals surface area contributed by atoms with E-state index in [2.05, 4.69) is 208 Å². The first-order chi connectivity index (χ1) is 28.0. The van der Waals surface area contributed by atoms with Gasteiger partial charge in [0.2, 0.25) is 0 Å². The summed E-state index contributed by atoms with van der Waals surface area (Å²) in [6.07, 6.45) is 5.47. The molecule has 3 nitrogen and oxygen atoms in total. The number of hydrogen-bond acceptors (Lipinski definition) is 3. The SMILES string of the molecule is CC1(C)C2=C(C=CC(c3nc(-c4cccc(-c5ccc(-c6ccccc6)cc5)c4)nc(-c4cccc(-c5ccc(-c6ccccc6)cc5)c4)n3)C2)c2ccccc21. The topological polar surface area (TPSA) is 38.7 Å². The number of benzene rings is 7. The first-order valence-corrected chi connectivity index (χ1v) is 19.8. The van der Waals surface area contributed by atoms with E-state index in [4.69, 9.17) is 15.0 Å². The monoisotopic (exact) mass is 731 g/mol. The van der Waals surface area contributed by atoms with Crippen LogP contribution in [-0.4, -0.2) is 15.0 Å². The molecule has 3 heteroatoms. The van der Waals surface area contributed by atoms with Crippen molar-refractivity contribution in [3.05, 3.63) is 217 Å². The Morgan fingerprint density at radius 1 is 0.421 bits per heavy atom. The summed E-state index contributed by atoms with van der Waals surface area (Å²) < 4.78 is 0. The van der Waals surface area contributed by atoms with Crippen molar-refractivity contribution < 1.29 is 0 Å². The Labute approximate surface area is 334 Å². The number of rotatable bonds is 7. The van der Waals surface area contributed by atoms with E-state index < -0.39 is 0 Å². The van der Waals surface area contributed by atoms with Crippen LogP contribution in [0.15, 0.2) is 200 Å². The number of aromatic nitrogens is 3.